The van der Waals surface area contributed by atoms with Crippen LogP contribution in [-0.4, -0.2) is 40.1 Å². The van der Waals surface area contributed by atoms with Crippen LogP contribution in [0.2, 0.25) is 0 Å². The molecule has 7 heteroatoms. The van der Waals surface area contributed by atoms with Crippen LogP contribution in [-0.2, 0) is 15.6 Å². The molecule has 0 aromatic heterocycles. The van der Waals surface area contributed by atoms with Gasteiger partial charge in [0.15, 0.2) is 0 Å². The van der Waals surface area contributed by atoms with Gasteiger partial charge in [-0.2, -0.15) is 0 Å². The number of phenols is 1. The summed E-state index contributed by atoms with van der Waals surface area (Å²) >= 11 is 1.64. The molecule has 0 bridgehead atoms. The zero-order chi connectivity index (χ0) is 27.9. The molecule has 2 aromatic carbocycles. The fraction of sp³-hybridized carbons (Fsp3) is 0.500. The molecule has 200 valence electrons. The summed E-state index contributed by atoms with van der Waals surface area (Å²) in [5.41, 5.74) is 1.06. The Morgan fingerprint density at radius 3 is 2.00 bits per heavy atom. The number of esters is 1. The predicted molar refractivity (Wildman–Crippen MR) is 148 cm³/mol. The van der Waals surface area contributed by atoms with E-state index in [9.17, 15) is 19.5 Å². The molecule has 0 aliphatic carbocycles. The standard InChI is InChI=1S/C30H39NO5S/c1-28(2,3)20-16-18(17-21(24(20)32)29(4,5)6)37-15-11-14-31-25(33)19-12-10-13-22(23(19)26(31)34)36-27(35)30(7,8)9/h10,12-13,16-17,32H,11,14-15H2,1-9H3. The summed E-state index contributed by atoms with van der Waals surface area (Å²) in [6.07, 6.45) is 0.601. The highest BCUT2D eigenvalue weighted by atomic mass is 32.2. The van der Waals surface area contributed by atoms with E-state index in [4.69, 9.17) is 4.74 Å². The molecule has 0 radical (unpaired) electrons. The lowest BCUT2D eigenvalue weighted by Crippen LogP contribution is -2.31. The first-order valence-corrected chi connectivity index (χ1v) is 13.6. The van der Waals surface area contributed by atoms with E-state index in [1.807, 2.05) is 12.1 Å². The molecule has 6 nitrogen and oxygen atoms in total. The molecule has 0 spiro atoms. The maximum Gasteiger partial charge on any atom is 0.316 e. The van der Waals surface area contributed by atoms with E-state index in [-0.39, 0.29) is 40.2 Å². The summed E-state index contributed by atoms with van der Waals surface area (Å²) in [5.74, 6) is -0.101. The molecule has 0 saturated heterocycles. The van der Waals surface area contributed by atoms with Crippen LogP contribution in [0.4, 0.5) is 0 Å². The third-order valence-corrected chi connectivity index (χ3v) is 7.33. The van der Waals surface area contributed by atoms with Gasteiger partial charge in [-0.3, -0.25) is 19.3 Å². The van der Waals surface area contributed by atoms with Crippen LogP contribution in [0.15, 0.2) is 35.2 Å². The smallest absolute Gasteiger partial charge is 0.316 e. The van der Waals surface area contributed by atoms with Crippen LogP contribution in [0.25, 0.3) is 0 Å². The highest BCUT2D eigenvalue weighted by molar-refractivity contribution is 7.99. The summed E-state index contributed by atoms with van der Waals surface area (Å²) in [5, 5.41) is 10.9. The number of hydrogen-bond acceptors (Lipinski definition) is 6. The second-order valence-electron chi connectivity index (χ2n) is 12.6. The van der Waals surface area contributed by atoms with E-state index >= 15 is 0 Å². The summed E-state index contributed by atoms with van der Waals surface area (Å²) in [6.45, 7) is 18.0. The number of rotatable bonds is 6. The molecular weight excluding hydrogens is 486 g/mol. The van der Waals surface area contributed by atoms with Gasteiger partial charge in [-0.05, 0) is 68.0 Å². The van der Waals surface area contributed by atoms with Crippen LogP contribution in [0.3, 0.4) is 0 Å². The maximum absolute atomic E-state index is 13.2. The van der Waals surface area contributed by atoms with Crippen LogP contribution in [0.5, 0.6) is 11.5 Å². The number of nitrogens with zero attached hydrogens (tertiary/aromatic N) is 1. The minimum absolute atomic E-state index is 0.126. The van der Waals surface area contributed by atoms with Gasteiger partial charge in [0.25, 0.3) is 11.8 Å². The summed E-state index contributed by atoms with van der Waals surface area (Å²) in [4.78, 5) is 40.8. The van der Waals surface area contributed by atoms with Gasteiger partial charge in [0.2, 0.25) is 0 Å². The van der Waals surface area contributed by atoms with Gasteiger partial charge in [-0.1, -0.05) is 47.6 Å². The largest absolute Gasteiger partial charge is 0.507 e. The number of phenolic OH excluding ortho intramolecular Hbond substituents is 1. The maximum atomic E-state index is 13.2. The summed E-state index contributed by atoms with van der Waals surface area (Å²) in [7, 11) is 0. The zero-order valence-corrected chi connectivity index (χ0v) is 24.3. The van der Waals surface area contributed by atoms with Gasteiger partial charge in [0.1, 0.15) is 11.5 Å². The van der Waals surface area contributed by atoms with Crippen molar-refractivity contribution in [1.82, 2.24) is 4.90 Å². The summed E-state index contributed by atoms with van der Waals surface area (Å²) in [6, 6.07) is 8.84. The molecule has 0 saturated carbocycles. The van der Waals surface area contributed by atoms with Crippen molar-refractivity contribution < 1.29 is 24.2 Å². The van der Waals surface area contributed by atoms with E-state index < -0.39 is 17.3 Å². The second-order valence-corrected chi connectivity index (χ2v) is 13.8. The zero-order valence-electron chi connectivity index (χ0n) is 23.4. The van der Waals surface area contributed by atoms with Crippen molar-refractivity contribution in [2.75, 3.05) is 12.3 Å². The Labute approximate surface area is 224 Å². The summed E-state index contributed by atoms with van der Waals surface area (Å²) < 4.78 is 5.50. The van der Waals surface area contributed by atoms with Crippen molar-refractivity contribution in [3.05, 3.63) is 52.6 Å². The number of thioether (sulfide) groups is 1. The van der Waals surface area contributed by atoms with E-state index in [0.717, 1.165) is 16.0 Å². The van der Waals surface area contributed by atoms with Crippen LogP contribution in [0.1, 0.15) is 101 Å². The first-order chi connectivity index (χ1) is 16.9. The van der Waals surface area contributed by atoms with Crippen molar-refractivity contribution >= 4 is 29.5 Å². The van der Waals surface area contributed by atoms with Gasteiger partial charge in [-0.25, -0.2) is 0 Å². The number of benzene rings is 2. The Hall–Kier alpha value is -2.80. The van der Waals surface area contributed by atoms with E-state index in [1.54, 1.807) is 50.7 Å². The van der Waals surface area contributed by atoms with Crippen molar-refractivity contribution in [3.8, 4) is 11.5 Å². The molecule has 1 aliphatic heterocycles. The SMILES string of the molecule is CC(C)(C)C(=O)Oc1cccc2c1C(=O)N(CCCSc1cc(C(C)(C)C)c(O)c(C(C)(C)C)c1)C2=O. The third-order valence-electron chi connectivity index (χ3n) is 6.27. The topological polar surface area (TPSA) is 83.9 Å². The monoisotopic (exact) mass is 525 g/mol. The fourth-order valence-electron chi connectivity index (χ4n) is 4.09. The highest BCUT2D eigenvalue weighted by Gasteiger charge is 2.39. The lowest BCUT2D eigenvalue weighted by Gasteiger charge is -2.28. The van der Waals surface area contributed by atoms with E-state index in [0.29, 0.717) is 17.9 Å². The third kappa shape index (κ3) is 6.20. The molecule has 0 fully saturated rings. The van der Waals surface area contributed by atoms with Crippen molar-refractivity contribution in [2.24, 2.45) is 5.41 Å². The van der Waals surface area contributed by atoms with Crippen LogP contribution < -0.4 is 4.74 Å². The molecule has 37 heavy (non-hydrogen) atoms. The lowest BCUT2D eigenvalue weighted by molar-refractivity contribution is -0.143. The molecule has 2 aromatic rings. The molecule has 1 aliphatic rings. The second kappa shape index (κ2) is 10.2. The molecule has 1 heterocycles. The lowest BCUT2D eigenvalue weighted by atomic mass is 9.79. The number of aromatic hydroxyl groups is 1. The van der Waals surface area contributed by atoms with Crippen molar-refractivity contribution in [1.29, 1.82) is 0 Å². The van der Waals surface area contributed by atoms with Crippen LogP contribution >= 0.6 is 11.8 Å². The molecule has 0 atom stereocenters. The average molecular weight is 526 g/mol. The quantitative estimate of drug-likeness (QED) is 0.148. The van der Waals surface area contributed by atoms with Crippen molar-refractivity contribution in [2.45, 2.75) is 84.5 Å². The Kier molecular flexibility index (Phi) is 7.90. The molecule has 0 unspecified atom stereocenters. The van der Waals surface area contributed by atoms with Gasteiger partial charge < -0.3 is 9.84 Å². The molecular formula is C30H39NO5S. The Bertz CT molecular complexity index is 1190. The van der Waals surface area contributed by atoms with Gasteiger partial charge in [0, 0.05) is 22.6 Å². The minimum Gasteiger partial charge on any atom is -0.507 e. The molecule has 1 N–H and O–H groups in total. The number of amides is 2. The number of carbonyl (C=O) groups is 3. The van der Waals surface area contributed by atoms with Gasteiger partial charge >= 0.3 is 5.97 Å². The number of fused-ring (bicyclic) bond motifs is 1. The normalized spacial score (nSPS) is 14.2. The Balaban J connectivity index is 1.72. The first-order valence-electron chi connectivity index (χ1n) is 12.6. The molecule has 2 amide bonds. The Morgan fingerprint density at radius 1 is 0.919 bits per heavy atom. The van der Waals surface area contributed by atoms with E-state index in [2.05, 4.69) is 41.5 Å². The van der Waals surface area contributed by atoms with Crippen LogP contribution in [0, 0.1) is 5.41 Å². The first kappa shape index (κ1) is 28.8. The Morgan fingerprint density at radius 2 is 1.49 bits per heavy atom. The average Bonchev–Trinajstić information content (AvgIpc) is 3.00. The van der Waals surface area contributed by atoms with Crippen molar-refractivity contribution in [3.63, 3.8) is 0 Å². The number of carbonyl (C=O) groups excluding carboxylic acids is 3. The number of imide groups is 1. The fourth-order valence-corrected chi connectivity index (χ4v) is 5.00. The van der Waals surface area contributed by atoms with Gasteiger partial charge in [0.05, 0.1) is 16.5 Å². The van der Waals surface area contributed by atoms with E-state index in [1.165, 1.54) is 4.90 Å². The number of hydrogen-bond donors (Lipinski definition) is 1. The van der Waals surface area contributed by atoms with Gasteiger partial charge in [-0.15, -0.1) is 11.8 Å². The number of ether oxygens (including phenoxy) is 1. The minimum atomic E-state index is -0.737. The predicted octanol–water partition coefficient (Wildman–Crippen LogP) is 6.72. The molecule has 3 rings (SSSR count). The highest BCUT2D eigenvalue weighted by Crippen LogP contribution is 2.42.